The third-order valence-electron chi connectivity index (χ3n) is 4.12. The van der Waals surface area contributed by atoms with Crippen LogP contribution in [0.25, 0.3) is 10.1 Å². The molecular weight excluding hydrogens is 278 g/mol. The van der Waals surface area contributed by atoms with E-state index in [-0.39, 0.29) is 0 Å². The Labute approximate surface area is 128 Å². The lowest BCUT2D eigenvalue weighted by Crippen LogP contribution is -2.23. The molecule has 0 radical (unpaired) electrons. The minimum Gasteiger partial charge on any atom is -0.290 e. The molecule has 0 N–H and O–H groups in total. The zero-order chi connectivity index (χ0) is 14.1. The SMILES string of the molecule is c1ccc2sc(CN3CCC[C@@H]3c3cnccn3)cc2c1. The number of nitrogens with zero attached hydrogens (tertiary/aromatic N) is 3. The number of benzene rings is 1. The van der Waals surface area contributed by atoms with Crippen LogP contribution in [0.3, 0.4) is 0 Å². The second kappa shape index (κ2) is 5.54. The molecule has 1 atom stereocenters. The molecule has 21 heavy (non-hydrogen) atoms. The molecule has 1 aliphatic heterocycles. The Morgan fingerprint density at radius 3 is 3.05 bits per heavy atom. The molecule has 0 bridgehead atoms. The van der Waals surface area contributed by atoms with Crippen molar-refractivity contribution in [2.24, 2.45) is 0 Å². The van der Waals surface area contributed by atoms with Gasteiger partial charge in [0.2, 0.25) is 0 Å². The lowest BCUT2D eigenvalue weighted by atomic mass is 10.1. The summed E-state index contributed by atoms with van der Waals surface area (Å²) in [6.45, 7) is 2.16. The Bertz CT molecular complexity index is 705. The van der Waals surface area contributed by atoms with Gasteiger partial charge in [0.05, 0.1) is 11.7 Å². The van der Waals surface area contributed by atoms with Crippen LogP contribution in [-0.4, -0.2) is 21.4 Å². The summed E-state index contributed by atoms with van der Waals surface area (Å²) in [5.74, 6) is 0. The normalized spacial score (nSPS) is 19.3. The third-order valence-corrected chi connectivity index (χ3v) is 5.22. The average molecular weight is 295 g/mol. The van der Waals surface area contributed by atoms with E-state index in [1.54, 1.807) is 12.4 Å². The molecule has 1 fully saturated rings. The van der Waals surface area contributed by atoms with Crippen LogP contribution in [0.15, 0.2) is 48.9 Å². The van der Waals surface area contributed by atoms with Crippen molar-refractivity contribution in [1.29, 1.82) is 0 Å². The van der Waals surface area contributed by atoms with Crippen LogP contribution in [-0.2, 0) is 6.54 Å². The molecule has 0 aliphatic carbocycles. The molecule has 1 saturated heterocycles. The molecule has 3 aromatic rings. The first kappa shape index (κ1) is 12.9. The third kappa shape index (κ3) is 2.57. The minimum absolute atomic E-state index is 0.420. The summed E-state index contributed by atoms with van der Waals surface area (Å²) in [4.78, 5) is 12.7. The van der Waals surface area contributed by atoms with Crippen LogP contribution in [0.2, 0.25) is 0 Å². The van der Waals surface area contributed by atoms with E-state index in [1.807, 2.05) is 17.5 Å². The summed E-state index contributed by atoms with van der Waals surface area (Å²) < 4.78 is 1.38. The largest absolute Gasteiger partial charge is 0.290 e. The Hall–Kier alpha value is -1.78. The number of likely N-dealkylation sites (tertiary alicyclic amines) is 1. The first-order valence-electron chi connectivity index (χ1n) is 7.37. The summed E-state index contributed by atoms with van der Waals surface area (Å²) in [7, 11) is 0. The fourth-order valence-corrected chi connectivity index (χ4v) is 4.24. The molecule has 0 amide bonds. The maximum atomic E-state index is 4.49. The van der Waals surface area contributed by atoms with Crippen LogP contribution < -0.4 is 0 Å². The lowest BCUT2D eigenvalue weighted by Gasteiger charge is -2.22. The topological polar surface area (TPSA) is 29.0 Å². The zero-order valence-corrected chi connectivity index (χ0v) is 12.6. The highest BCUT2D eigenvalue weighted by Gasteiger charge is 2.27. The van der Waals surface area contributed by atoms with Crippen molar-refractivity contribution < 1.29 is 0 Å². The maximum Gasteiger partial charge on any atom is 0.0758 e. The standard InChI is InChI=1S/C17H17N3S/c1-2-6-17-13(4-1)10-14(21-17)12-20-9-3-5-16(20)15-11-18-7-8-19-15/h1-2,4,6-8,10-11,16H,3,5,9,12H2/t16-/m1/s1. The van der Waals surface area contributed by atoms with E-state index in [4.69, 9.17) is 0 Å². The Morgan fingerprint density at radius 2 is 2.19 bits per heavy atom. The summed E-state index contributed by atoms with van der Waals surface area (Å²) in [6.07, 6.45) is 7.88. The van der Waals surface area contributed by atoms with Crippen molar-refractivity contribution in [3.63, 3.8) is 0 Å². The molecule has 0 saturated carbocycles. The van der Waals surface area contributed by atoms with E-state index in [0.29, 0.717) is 6.04 Å². The minimum atomic E-state index is 0.420. The van der Waals surface area contributed by atoms with E-state index in [1.165, 1.54) is 27.8 Å². The van der Waals surface area contributed by atoms with Gasteiger partial charge in [0, 0.05) is 34.7 Å². The molecule has 0 unspecified atom stereocenters. The van der Waals surface area contributed by atoms with Gasteiger partial charge in [-0.05, 0) is 36.9 Å². The Morgan fingerprint density at radius 1 is 1.24 bits per heavy atom. The van der Waals surface area contributed by atoms with Crippen molar-refractivity contribution in [3.8, 4) is 0 Å². The highest BCUT2D eigenvalue weighted by molar-refractivity contribution is 7.19. The number of aromatic nitrogens is 2. The summed E-state index contributed by atoms with van der Waals surface area (Å²) in [5, 5.41) is 1.35. The molecule has 4 heteroatoms. The predicted molar refractivity (Wildman–Crippen MR) is 86.2 cm³/mol. The molecule has 1 aromatic carbocycles. The number of thiophene rings is 1. The Balaban J connectivity index is 1.58. The fourth-order valence-electron chi connectivity index (χ4n) is 3.15. The molecule has 2 aromatic heterocycles. The van der Waals surface area contributed by atoms with Crippen molar-refractivity contribution in [2.75, 3.05) is 6.54 Å². The zero-order valence-electron chi connectivity index (χ0n) is 11.8. The molecule has 106 valence electrons. The predicted octanol–water partition coefficient (Wildman–Crippen LogP) is 4.03. The van der Waals surface area contributed by atoms with Crippen molar-refractivity contribution in [3.05, 3.63) is 59.5 Å². The van der Waals surface area contributed by atoms with Gasteiger partial charge in [-0.25, -0.2) is 0 Å². The number of hydrogen-bond acceptors (Lipinski definition) is 4. The fraction of sp³-hybridized carbons (Fsp3) is 0.294. The summed E-state index contributed by atoms with van der Waals surface area (Å²) in [5.41, 5.74) is 1.11. The van der Waals surface area contributed by atoms with Gasteiger partial charge in [-0.2, -0.15) is 0 Å². The van der Waals surface area contributed by atoms with Gasteiger partial charge in [0.25, 0.3) is 0 Å². The highest BCUT2D eigenvalue weighted by atomic mass is 32.1. The quantitative estimate of drug-likeness (QED) is 0.730. The summed E-state index contributed by atoms with van der Waals surface area (Å²) >= 11 is 1.90. The lowest BCUT2D eigenvalue weighted by molar-refractivity contribution is 0.246. The van der Waals surface area contributed by atoms with Gasteiger partial charge in [-0.3, -0.25) is 14.9 Å². The van der Waals surface area contributed by atoms with Crippen molar-refractivity contribution in [2.45, 2.75) is 25.4 Å². The second-order valence-corrected chi connectivity index (χ2v) is 6.68. The van der Waals surface area contributed by atoms with Crippen LogP contribution in [0.1, 0.15) is 29.5 Å². The number of rotatable bonds is 3. The highest BCUT2D eigenvalue weighted by Crippen LogP contribution is 2.34. The van der Waals surface area contributed by atoms with Crippen molar-refractivity contribution >= 4 is 21.4 Å². The van der Waals surface area contributed by atoms with E-state index < -0.39 is 0 Å². The molecular formula is C17H17N3S. The molecule has 1 aliphatic rings. The van der Waals surface area contributed by atoms with E-state index in [9.17, 15) is 0 Å². The van der Waals surface area contributed by atoms with Gasteiger partial charge in [0.15, 0.2) is 0 Å². The van der Waals surface area contributed by atoms with Gasteiger partial charge < -0.3 is 0 Å². The van der Waals surface area contributed by atoms with Crippen LogP contribution in [0.4, 0.5) is 0 Å². The van der Waals surface area contributed by atoms with Crippen LogP contribution in [0.5, 0.6) is 0 Å². The molecule has 3 heterocycles. The second-order valence-electron chi connectivity index (χ2n) is 5.51. The smallest absolute Gasteiger partial charge is 0.0758 e. The first-order valence-corrected chi connectivity index (χ1v) is 8.19. The molecule has 0 spiro atoms. The Kier molecular flexibility index (Phi) is 3.41. The average Bonchev–Trinajstić information content (AvgIpc) is 3.14. The monoisotopic (exact) mass is 295 g/mol. The number of hydrogen-bond donors (Lipinski definition) is 0. The van der Waals surface area contributed by atoms with Crippen LogP contribution in [0, 0.1) is 0 Å². The van der Waals surface area contributed by atoms with Crippen molar-refractivity contribution in [1.82, 2.24) is 14.9 Å². The molecule has 4 rings (SSSR count). The van der Waals surface area contributed by atoms with Gasteiger partial charge in [0.1, 0.15) is 0 Å². The van der Waals surface area contributed by atoms with E-state index in [0.717, 1.165) is 18.8 Å². The number of fused-ring (bicyclic) bond motifs is 1. The maximum absolute atomic E-state index is 4.49. The van der Waals surface area contributed by atoms with Crippen LogP contribution >= 0.6 is 11.3 Å². The van der Waals surface area contributed by atoms with E-state index in [2.05, 4.69) is 45.2 Å². The molecule has 3 nitrogen and oxygen atoms in total. The van der Waals surface area contributed by atoms with Gasteiger partial charge in [-0.15, -0.1) is 11.3 Å². The van der Waals surface area contributed by atoms with Gasteiger partial charge >= 0.3 is 0 Å². The van der Waals surface area contributed by atoms with Gasteiger partial charge in [-0.1, -0.05) is 18.2 Å². The first-order chi connectivity index (χ1) is 10.4. The summed E-state index contributed by atoms with van der Waals surface area (Å²) in [6, 6.07) is 11.4. The van der Waals surface area contributed by atoms with E-state index >= 15 is 0 Å².